The van der Waals surface area contributed by atoms with Crippen molar-refractivity contribution in [1.82, 2.24) is 0 Å². The maximum absolute atomic E-state index is 12.0. The summed E-state index contributed by atoms with van der Waals surface area (Å²) in [5.41, 5.74) is 1.42. The zero-order chi connectivity index (χ0) is 18.2. The number of methoxy groups -OCH3 is 1. The summed E-state index contributed by atoms with van der Waals surface area (Å²) in [4.78, 5) is 23.9. The number of ether oxygens (including phenoxy) is 2. The quantitative estimate of drug-likeness (QED) is 0.583. The van der Waals surface area contributed by atoms with Gasteiger partial charge in [-0.25, -0.2) is 4.79 Å². The van der Waals surface area contributed by atoms with Gasteiger partial charge in [0.2, 0.25) is 0 Å². The molecule has 0 bridgehead atoms. The molecule has 0 aliphatic heterocycles. The first-order valence-electron chi connectivity index (χ1n) is 7.57. The van der Waals surface area contributed by atoms with Crippen molar-refractivity contribution in [2.75, 3.05) is 12.4 Å². The topological polar surface area (TPSA) is 64.6 Å². The van der Waals surface area contributed by atoms with Crippen LogP contribution in [0.15, 0.2) is 59.1 Å². The highest BCUT2D eigenvalue weighted by Crippen LogP contribution is 2.15. The van der Waals surface area contributed by atoms with Crippen LogP contribution in [0.2, 0.25) is 0 Å². The number of benzene rings is 2. The van der Waals surface area contributed by atoms with Crippen molar-refractivity contribution in [3.63, 3.8) is 0 Å². The second-order valence-electron chi connectivity index (χ2n) is 5.19. The fourth-order valence-electron chi connectivity index (χ4n) is 1.95. The van der Waals surface area contributed by atoms with E-state index >= 15 is 0 Å². The van der Waals surface area contributed by atoms with Crippen LogP contribution < -0.4 is 10.1 Å². The van der Waals surface area contributed by atoms with E-state index in [0.29, 0.717) is 11.4 Å². The summed E-state index contributed by atoms with van der Waals surface area (Å²) >= 11 is 3.32. The standard InChI is InChI=1S/C19H18BrNO4/c1-13(19(23)21-16-9-7-15(20)8-10-16)25-18(22)11-6-14-4-3-5-17(12-14)24-2/h3-13H,1-2H3,(H,21,23)/b11-6+/t13-/m0/s1. The molecule has 2 aromatic rings. The van der Waals surface area contributed by atoms with Crippen molar-refractivity contribution >= 4 is 39.6 Å². The molecule has 0 radical (unpaired) electrons. The molecule has 25 heavy (non-hydrogen) atoms. The van der Waals surface area contributed by atoms with Crippen molar-refractivity contribution in [2.24, 2.45) is 0 Å². The van der Waals surface area contributed by atoms with Crippen LogP contribution in [0.4, 0.5) is 5.69 Å². The smallest absolute Gasteiger partial charge is 0.331 e. The highest BCUT2D eigenvalue weighted by atomic mass is 79.9. The SMILES string of the molecule is COc1cccc(/C=C/C(=O)O[C@@H](C)C(=O)Nc2ccc(Br)cc2)c1. The van der Waals surface area contributed by atoms with Gasteiger partial charge >= 0.3 is 5.97 Å². The third-order valence-corrected chi connectivity index (χ3v) is 3.81. The Morgan fingerprint density at radius 3 is 2.56 bits per heavy atom. The molecular weight excluding hydrogens is 386 g/mol. The summed E-state index contributed by atoms with van der Waals surface area (Å²) in [6.45, 7) is 1.52. The second-order valence-corrected chi connectivity index (χ2v) is 6.10. The number of anilines is 1. The van der Waals surface area contributed by atoms with Gasteiger partial charge in [0.25, 0.3) is 5.91 Å². The van der Waals surface area contributed by atoms with Gasteiger partial charge in [-0.2, -0.15) is 0 Å². The highest BCUT2D eigenvalue weighted by molar-refractivity contribution is 9.10. The number of hydrogen-bond acceptors (Lipinski definition) is 4. The van der Waals surface area contributed by atoms with Crippen molar-refractivity contribution in [1.29, 1.82) is 0 Å². The number of esters is 1. The first-order chi connectivity index (χ1) is 12.0. The molecule has 1 amide bonds. The minimum Gasteiger partial charge on any atom is -0.497 e. The van der Waals surface area contributed by atoms with Gasteiger partial charge in [-0.05, 0) is 55.0 Å². The third-order valence-electron chi connectivity index (χ3n) is 3.28. The molecule has 1 N–H and O–H groups in total. The van der Waals surface area contributed by atoms with Gasteiger partial charge in [-0.3, -0.25) is 4.79 Å². The molecule has 0 aromatic heterocycles. The fourth-order valence-corrected chi connectivity index (χ4v) is 2.22. The number of hydrogen-bond donors (Lipinski definition) is 1. The normalized spacial score (nSPS) is 11.8. The predicted molar refractivity (Wildman–Crippen MR) is 100 cm³/mol. The Hall–Kier alpha value is -2.60. The van der Waals surface area contributed by atoms with E-state index in [4.69, 9.17) is 9.47 Å². The number of amides is 1. The number of carbonyl (C=O) groups is 2. The maximum atomic E-state index is 12.0. The molecule has 6 heteroatoms. The molecule has 1 atom stereocenters. The van der Waals surface area contributed by atoms with Crippen molar-refractivity contribution in [3.8, 4) is 5.75 Å². The van der Waals surface area contributed by atoms with Crippen LogP contribution in [-0.2, 0) is 14.3 Å². The monoisotopic (exact) mass is 403 g/mol. The fraction of sp³-hybridized carbons (Fsp3) is 0.158. The maximum Gasteiger partial charge on any atom is 0.331 e. The first kappa shape index (κ1) is 18.7. The Morgan fingerprint density at radius 2 is 1.88 bits per heavy atom. The summed E-state index contributed by atoms with van der Waals surface area (Å²) in [6, 6.07) is 14.4. The third kappa shape index (κ3) is 6.08. The molecule has 0 aliphatic carbocycles. The van der Waals surface area contributed by atoms with E-state index in [9.17, 15) is 9.59 Å². The van der Waals surface area contributed by atoms with E-state index in [1.165, 1.54) is 13.0 Å². The Morgan fingerprint density at radius 1 is 1.16 bits per heavy atom. The molecule has 5 nitrogen and oxygen atoms in total. The van der Waals surface area contributed by atoms with Gasteiger partial charge < -0.3 is 14.8 Å². The lowest BCUT2D eigenvalue weighted by atomic mass is 10.2. The zero-order valence-electron chi connectivity index (χ0n) is 13.9. The van der Waals surface area contributed by atoms with Gasteiger partial charge in [0.05, 0.1) is 7.11 Å². The summed E-state index contributed by atoms with van der Waals surface area (Å²) in [5.74, 6) is -0.301. The van der Waals surface area contributed by atoms with Crippen molar-refractivity contribution in [2.45, 2.75) is 13.0 Å². The minimum atomic E-state index is -0.911. The molecule has 0 heterocycles. The van der Waals surface area contributed by atoms with E-state index < -0.39 is 18.0 Å². The summed E-state index contributed by atoms with van der Waals surface area (Å²) < 4.78 is 11.1. The average Bonchev–Trinajstić information content (AvgIpc) is 2.62. The Balaban J connectivity index is 1.89. The van der Waals surface area contributed by atoms with Crippen LogP contribution >= 0.6 is 15.9 Å². The number of nitrogens with one attached hydrogen (secondary N) is 1. The van der Waals surface area contributed by atoms with Crippen LogP contribution in [0.3, 0.4) is 0 Å². The summed E-state index contributed by atoms with van der Waals surface area (Å²) in [5, 5.41) is 2.69. The Labute approximate surface area is 154 Å². The van der Waals surface area contributed by atoms with Crippen LogP contribution in [0.5, 0.6) is 5.75 Å². The van der Waals surface area contributed by atoms with Crippen LogP contribution in [0.1, 0.15) is 12.5 Å². The van der Waals surface area contributed by atoms with E-state index in [-0.39, 0.29) is 0 Å². The van der Waals surface area contributed by atoms with Crippen molar-refractivity contribution < 1.29 is 19.1 Å². The molecule has 0 spiro atoms. The number of carbonyl (C=O) groups excluding carboxylic acids is 2. The van der Waals surface area contributed by atoms with Gasteiger partial charge in [0.15, 0.2) is 6.10 Å². The molecule has 2 rings (SSSR count). The molecule has 0 fully saturated rings. The Kier molecular flexibility index (Phi) is 6.77. The van der Waals surface area contributed by atoms with Gasteiger partial charge in [0.1, 0.15) is 5.75 Å². The van der Waals surface area contributed by atoms with Gasteiger partial charge in [-0.15, -0.1) is 0 Å². The molecule has 0 saturated carbocycles. The summed E-state index contributed by atoms with van der Waals surface area (Å²) in [6.07, 6.45) is 1.97. The van der Waals surface area contributed by atoms with E-state index in [1.54, 1.807) is 31.4 Å². The molecule has 0 aliphatic rings. The largest absolute Gasteiger partial charge is 0.497 e. The number of rotatable bonds is 6. The van der Waals surface area contributed by atoms with Crippen molar-refractivity contribution in [3.05, 3.63) is 64.6 Å². The lowest BCUT2D eigenvalue weighted by Crippen LogP contribution is -2.29. The van der Waals surface area contributed by atoms with E-state index in [1.807, 2.05) is 30.3 Å². The second kappa shape index (κ2) is 9.03. The van der Waals surface area contributed by atoms with Gasteiger partial charge in [0, 0.05) is 16.2 Å². The molecule has 0 unspecified atom stereocenters. The lowest BCUT2D eigenvalue weighted by molar-refractivity contribution is -0.148. The van der Waals surface area contributed by atoms with E-state index in [2.05, 4.69) is 21.2 Å². The lowest BCUT2D eigenvalue weighted by Gasteiger charge is -2.12. The molecule has 130 valence electrons. The predicted octanol–water partition coefficient (Wildman–Crippen LogP) is 4.04. The molecule has 0 saturated heterocycles. The zero-order valence-corrected chi connectivity index (χ0v) is 15.4. The van der Waals surface area contributed by atoms with Gasteiger partial charge in [-0.1, -0.05) is 28.1 Å². The molecule has 2 aromatic carbocycles. The van der Waals surface area contributed by atoms with Crippen LogP contribution in [0.25, 0.3) is 6.08 Å². The Bertz CT molecular complexity index is 771. The van der Waals surface area contributed by atoms with Crippen LogP contribution in [-0.4, -0.2) is 25.1 Å². The van der Waals surface area contributed by atoms with E-state index in [0.717, 1.165) is 10.0 Å². The minimum absolute atomic E-state index is 0.398. The molecular formula is C19H18BrNO4. The number of halogens is 1. The average molecular weight is 404 g/mol. The first-order valence-corrected chi connectivity index (χ1v) is 8.36. The highest BCUT2D eigenvalue weighted by Gasteiger charge is 2.16. The van der Waals surface area contributed by atoms with Crippen LogP contribution in [0, 0.1) is 0 Å². The summed E-state index contributed by atoms with van der Waals surface area (Å²) in [7, 11) is 1.57.